The number of carboxylic acids is 1. The van der Waals surface area contributed by atoms with Crippen molar-refractivity contribution in [2.24, 2.45) is 0 Å². The number of hydrogen-bond acceptors (Lipinski definition) is 4. The van der Waals surface area contributed by atoms with Gasteiger partial charge in [-0.25, -0.2) is 4.79 Å². The van der Waals surface area contributed by atoms with E-state index in [1.165, 1.54) is 6.92 Å². The Labute approximate surface area is 129 Å². The molecule has 0 aliphatic rings. The summed E-state index contributed by atoms with van der Waals surface area (Å²) in [6, 6.07) is 1.75. The number of carbonyl (C=O) groups is 1. The van der Waals surface area contributed by atoms with Gasteiger partial charge in [-0.2, -0.15) is 18.4 Å². The smallest absolute Gasteiger partial charge is 0.475 e. The van der Waals surface area contributed by atoms with Crippen LogP contribution in [0, 0.1) is 11.3 Å². The van der Waals surface area contributed by atoms with Gasteiger partial charge in [0.25, 0.3) is 0 Å². The molecule has 0 saturated carbocycles. The molecule has 0 rings (SSSR count). The van der Waals surface area contributed by atoms with Gasteiger partial charge >= 0.3 is 12.1 Å². The summed E-state index contributed by atoms with van der Waals surface area (Å²) in [5.74, 6) is -2.76. The van der Waals surface area contributed by atoms with E-state index in [-0.39, 0.29) is 11.1 Å². The Kier molecular flexibility index (Phi) is 29.0. The third-order valence-corrected chi connectivity index (χ3v) is 1.37. The van der Waals surface area contributed by atoms with Gasteiger partial charge in [-0.3, -0.25) is 0 Å². The average Bonchev–Trinajstić information content (AvgIpc) is 2.30. The van der Waals surface area contributed by atoms with Crippen LogP contribution < -0.4 is 0 Å². The van der Waals surface area contributed by atoms with E-state index >= 15 is 0 Å². The molecule has 6 nitrogen and oxygen atoms in total. The number of halogens is 3. The lowest BCUT2D eigenvalue weighted by molar-refractivity contribution is -0.192. The fourth-order valence-corrected chi connectivity index (χ4v) is 0.158. The number of ether oxygens (including phenoxy) is 1. The Bertz CT molecular complexity index is 268. The zero-order chi connectivity index (χ0) is 18.1. The second kappa shape index (κ2) is 19.6. The molecule has 0 aliphatic heterocycles. The molecule has 0 atom stereocenters. The van der Waals surface area contributed by atoms with Crippen LogP contribution in [0.15, 0.2) is 0 Å². The highest BCUT2D eigenvalue weighted by Crippen LogP contribution is 2.13. The van der Waals surface area contributed by atoms with Crippen LogP contribution in [0.25, 0.3) is 0 Å². The minimum Gasteiger partial charge on any atom is -0.475 e. The van der Waals surface area contributed by atoms with Crippen LogP contribution in [0.3, 0.4) is 0 Å². The number of rotatable bonds is 2. The Hall–Kier alpha value is -1.37. The first-order chi connectivity index (χ1) is 9.33. The number of aliphatic hydroxyl groups excluding tert-OH is 1. The SMILES string of the molecule is CC#N.CCCCO.COC(C)(C)C.O.O=C(O)C(F)(F)F. The van der Waals surface area contributed by atoms with Gasteiger partial charge in [-0.15, -0.1) is 0 Å². The van der Waals surface area contributed by atoms with Gasteiger partial charge in [0.15, 0.2) is 0 Å². The lowest BCUT2D eigenvalue weighted by Crippen LogP contribution is -2.21. The van der Waals surface area contributed by atoms with E-state index in [2.05, 4.69) is 6.92 Å². The molecule has 0 aromatic rings. The number of nitrogens with zero attached hydrogens (tertiary/aromatic N) is 1. The number of aliphatic hydroxyl groups is 1. The molecule has 0 aliphatic carbocycles. The zero-order valence-corrected chi connectivity index (χ0v) is 13.9. The van der Waals surface area contributed by atoms with Crippen LogP contribution in [0.2, 0.25) is 0 Å². The van der Waals surface area contributed by atoms with Crippen molar-refractivity contribution in [1.29, 1.82) is 5.26 Å². The average molecular weight is 335 g/mol. The van der Waals surface area contributed by atoms with E-state index in [9.17, 15) is 13.2 Å². The molecule has 0 bridgehead atoms. The predicted octanol–water partition coefficient (Wildman–Crippen LogP) is 2.55. The van der Waals surface area contributed by atoms with Gasteiger partial charge in [0.05, 0.1) is 11.7 Å². The highest BCUT2D eigenvalue weighted by Gasteiger charge is 2.38. The van der Waals surface area contributed by atoms with E-state index in [0.29, 0.717) is 6.61 Å². The summed E-state index contributed by atoms with van der Waals surface area (Å²) < 4.78 is 36.7. The number of nitriles is 1. The van der Waals surface area contributed by atoms with Gasteiger partial charge in [0.1, 0.15) is 0 Å². The molecule has 0 spiro atoms. The molecule has 136 valence electrons. The summed E-state index contributed by atoms with van der Waals surface area (Å²) >= 11 is 0. The maximum atomic E-state index is 10.6. The van der Waals surface area contributed by atoms with Crippen molar-refractivity contribution >= 4 is 5.97 Å². The van der Waals surface area contributed by atoms with Crippen molar-refractivity contribution in [2.45, 2.75) is 59.2 Å². The van der Waals surface area contributed by atoms with Crippen molar-refractivity contribution in [3.05, 3.63) is 0 Å². The Morgan fingerprint density at radius 2 is 1.50 bits per heavy atom. The first-order valence-corrected chi connectivity index (χ1v) is 6.10. The molecule has 0 amide bonds. The number of methoxy groups -OCH3 is 1. The molecule has 22 heavy (non-hydrogen) atoms. The third kappa shape index (κ3) is 62.4. The maximum absolute atomic E-state index is 10.6. The molecule has 0 fully saturated rings. The van der Waals surface area contributed by atoms with Crippen molar-refractivity contribution in [3.63, 3.8) is 0 Å². The molecular weight excluding hydrogens is 307 g/mol. The van der Waals surface area contributed by atoms with Crippen LogP contribution >= 0.6 is 0 Å². The van der Waals surface area contributed by atoms with Gasteiger partial charge in [-0.05, 0) is 27.2 Å². The Morgan fingerprint density at radius 1 is 1.27 bits per heavy atom. The summed E-state index contributed by atoms with van der Waals surface area (Å²) in [5, 5.41) is 22.5. The minimum atomic E-state index is -5.08. The van der Waals surface area contributed by atoms with E-state index in [1.54, 1.807) is 13.2 Å². The largest absolute Gasteiger partial charge is 0.490 e. The number of hydrogen-bond donors (Lipinski definition) is 2. The number of unbranched alkanes of at least 4 members (excludes halogenated alkanes) is 1. The summed E-state index contributed by atoms with van der Waals surface area (Å²) in [5.41, 5.74) is 0.0417. The van der Waals surface area contributed by atoms with Crippen molar-refractivity contribution in [3.8, 4) is 6.07 Å². The second-order valence-corrected chi connectivity index (χ2v) is 4.42. The van der Waals surface area contributed by atoms with Crippen LogP contribution in [-0.4, -0.2) is 47.2 Å². The first kappa shape index (κ1) is 32.5. The van der Waals surface area contributed by atoms with Crippen molar-refractivity contribution < 1.29 is 38.4 Å². The molecule has 0 radical (unpaired) electrons. The van der Waals surface area contributed by atoms with E-state index in [4.69, 9.17) is 25.0 Å². The van der Waals surface area contributed by atoms with Crippen molar-refractivity contribution in [2.75, 3.05) is 13.7 Å². The van der Waals surface area contributed by atoms with Crippen LogP contribution in [0.4, 0.5) is 13.2 Å². The maximum Gasteiger partial charge on any atom is 0.490 e. The lowest BCUT2D eigenvalue weighted by atomic mass is 10.2. The fourth-order valence-electron chi connectivity index (χ4n) is 0.158. The molecular formula is C13H28F3NO5. The Balaban J connectivity index is -0.0000000597. The normalized spacial score (nSPS) is 9.14. The topological polar surface area (TPSA) is 122 Å². The Morgan fingerprint density at radius 3 is 1.50 bits per heavy atom. The zero-order valence-electron chi connectivity index (χ0n) is 13.9. The second-order valence-electron chi connectivity index (χ2n) is 4.42. The summed E-state index contributed by atoms with van der Waals surface area (Å²) in [6.07, 6.45) is -3.05. The molecule has 0 saturated heterocycles. The van der Waals surface area contributed by atoms with E-state index in [0.717, 1.165) is 12.8 Å². The number of carboxylic acid groups (broad SMARTS) is 1. The standard InChI is InChI=1S/C5H12O.C4H10O.C2HF3O2.C2H3N.H2O/c1-5(2,3)6-4;1-2-3-4-5;3-2(4,5)1(6)7;1-2-3;/h1-4H3;5H,2-4H2,1H3;(H,6,7);1H3;1H2. The lowest BCUT2D eigenvalue weighted by Gasteiger charge is -2.14. The molecule has 0 aromatic heterocycles. The van der Waals surface area contributed by atoms with Gasteiger partial charge < -0.3 is 20.4 Å². The summed E-state index contributed by atoms with van der Waals surface area (Å²) in [6.45, 7) is 9.89. The van der Waals surface area contributed by atoms with Crippen LogP contribution in [0.5, 0.6) is 0 Å². The summed E-state index contributed by atoms with van der Waals surface area (Å²) in [7, 11) is 1.71. The molecule has 0 aromatic carbocycles. The van der Waals surface area contributed by atoms with Gasteiger partial charge in [-0.1, -0.05) is 13.3 Å². The highest BCUT2D eigenvalue weighted by atomic mass is 19.4. The monoisotopic (exact) mass is 335 g/mol. The van der Waals surface area contributed by atoms with Gasteiger partial charge in [0.2, 0.25) is 0 Å². The molecule has 9 heteroatoms. The quantitative estimate of drug-likeness (QED) is 0.803. The van der Waals surface area contributed by atoms with E-state index in [1.807, 2.05) is 20.8 Å². The van der Waals surface area contributed by atoms with E-state index < -0.39 is 12.1 Å². The highest BCUT2D eigenvalue weighted by molar-refractivity contribution is 5.73. The summed E-state index contributed by atoms with van der Waals surface area (Å²) in [4.78, 5) is 8.90. The number of aliphatic carboxylic acids is 1. The van der Waals surface area contributed by atoms with Gasteiger partial charge in [0, 0.05) is 20.6 Å². The fraction of sp³-hybridized carbons (Fsp3) is 0.846. The molecule has 4 N–H and O–H groups in total. The van der Waals surface area contributed by atoms with Crippen LogP contribution in [0.1, 0.15) is 47.5 Å². The predicted molar refractivity (Wildman–Crippen MR) is 77.3 cm³/mol. The molecule has 0 unspecified atom stereocenters. The number of alkyl halides is 3. The first-order valence-electron chi connectivity index (χ1n) is 6.10. The minimum absolute atomic E-state index is 0. The van der Waals surface area contributed by atoms with Crippen molar-refractivity contribution in [1.82, 2.24) is 0 Å². The van der Waals surface area contributed by atoms with Crippen LogP contribution in [-0.2, 0) is 9.53 Å². The molecule has 0 heterocycles. The third-order valence-electron chi connectivity index (χ3n) is 1.37.